The molecule has 2 aliphatic heterocycles. The fourth-order valence-electron chi connectivity index (χ4n) is 3.53. The lowest BCUT2D eigenvalue weighted by Gasteiger charge is -2.15. The SMILES string of the molecule is CCCCC(CC)CNC(=O)c1ccc(NC2=NC3CS(=O)(=O)CC3S2)cc1. The molecule has 1 aromatic carbocycles. The van der Waals surface area contributed by atoms with Gasteiger partial charge in [0.05, 0.1) is 17.5 Å². The molecule has 1 aromatic rings. The van der Waals surface area contributed by atoms with Gasteiger partial charge in [-0.25, -0.2) is 8.42 Å². The van der Waals surface area contributed by atoms with Gasteiger partial charge in [-0.15, -0.1) is 0 Å². The first kappa shape index (κ1) is 21.2. The number of amidine groups is 1. The maximum atomic E-state index is 12.4. The van der Waals surface area contributed by atoms with Crippen molar-refractivity contribution in [3.63, 3.8) is 0 Å². The lowest BCUT2D eigenvalue weighted by atomic mass is 9.99. The third kappa shape index (κ3) is 5.50. The Hall–Kier alpha value is -1.54. The lowest BCUT2D eigenvalue weighted by Crippen LogP contribution is -2.29. The topological polar surface area (TPSA) is 87.6 Å². The minimum Gasteiger partial charge on any atom is -0.352 e. The van der Waals surface area contributed by atoms with E-state index in [9.17, 15) is 13.2 Å². The summed E-state index contributed by atoms with van der Waals surface area (Å²) in [5.74, 6) is 0.832. The van der Waals surface area contributed by atoms with E-state index in [4.69, 9.17) is 0 Å². The zero-order valence-electron chi connectivity index (χ0n) is 16.5. The van der Waals surface area contributed by atoms with Crippen LogP contribution in [0.3, 0.4) is 0 Å². The number of fused-ring (bicyclic) bond motifs is 1. The maximum absolute atomic E-state index is 12.4. The van der Waals surface area contributed by atoms with Gasteiger partial charge < -0.3 is 10.6 Å². The van der Waals surface area contributed by atoms with E-state index >= 15 is 0 Å². The molecule has 2 N–H and O–H groups in total. The van der Waals surface area contributed by atoms with Crippen LogP contribution in [0.5, 0.6) is 0 Å². The second-order valence-corrected chi connectivity index (χ2v) is 10.9. The summed E-state index contributed by atoms with van der Waals surface area (Å²) in [6.45, 7) is 5.07. The van der Waals surface area contributed by atoms with Gasteiger partial charge in [-0.3, -0.25) is 9.79 Å². The number of anilines is 1. The number of thioether (sulfide) groups is 1. The Morgan fingerprint density at radius 2 is 2.00 bits per heavy atom. The van der Waals surface area contributed by atoms with Gasteiger partial charge in [0, 0.05) is 23.0 Å². The first-order valence-corrected chi connectivity index (χ1v) is 12.7. The van der Waals surface area contributed by atoms with Gasteiger partial charge in [0.1, 0.15) is 0 Å². The van der Waals surface area contributed by atoms with Crippen LogP contribution in [-0.4, -0.2) is 48.8 Å². The molecule has 3 unspecified atom stereocenters. The Balaban J connectivity index is 1.50. The van der Waals surface area contributed by atoms with Crippen molar-refractivity contribution in [3.05, 3.63) is 29.8 Å². The smallest absolute Gasteiger partial charge is 0.251 e. The third-order valence-electron chi connectivity index (χ3n) is 5.31. The lowest BCUT2D eigenvalue weighted by molar-refractivity contribution is 0.0946. The van der Waals surface area contributed by atoms with Gasteiger partial charge in [0.25, 0.3) is 5.91 Å². The molecule has 1 saturated heterocycles. The van der Waals surface area contributed by atoms with Crippen molar-refractivity contribution in [2.24, 2.45) is 10.9 Å². The molecule has 3 atom stereocenters. The number of unbranched alkanes of at least 4 members (excludes halogenated alkanes) is 1. The van der Waals surface area contributed by atoms with Crippen molar-refractivity contribution >= 4 is 38.4 Å². The predicted molar refractivity (Wildman–Crippen MR) is 117 cm³/mol. The first-order chi connectivity index (χ1) is 13.4. The monoisotopic (exact) mass is 423 g/mol. The maximum Gasteiger partial charge on any atom is 0.251 e. The van der Waals surface area contributed by atoms with Crippen LogP contribution in [-0.2, 0) is 9.84 Å². The number of amides is 1. The number of nitrogens with one attached hydrogen (secondary N) is 2. The summed E-state index contributed by atoms with van der Waals surface area (Å²) < 4.78 is 23.3. The van der Waals surface area contributed by atoms with Crippen LogP contribution in [0.15, 0.2) is 29.3 Å². The molecule has 6 nitrogen and oxygen atoms in total. The van der Waals surface area contributed by atoms with E-state index in [1.807, 2.05) is 12.1 Å². The van der Waals surface area contributed by atoms with Gasteiger partial charge in [0.2, 0.25) is 0 Å². The first-order valence-electron chi connectivity index (χ1n) is 10.0. The van der Waals surface area contributed by atoms with Crippen LogP contribution in [0.25, 0.3) is 0 Å². The van der Waals surface area contributed by atoms with Crippen molar-refractivity contribution in [2.45, 2.75) is 50.8 Å². The molecule has 2 aliphatic rings. The number of aliphatic imine (C=N–C) groups is 1. The largest absolute Gasteiger partial charge is 0.352 e. The van der Waals surface area contributed by atoms with Crippen LogP contribution in [0.2, 0.25) is 0 Å². The van der Waals surface area contributed by atoms with Crippen molar-refractivity contribution in [3.8, 4) is 0 Å². The standard InChI is InChI=1S/C20H29N3O3S2/c1-3-5-6-14(4-2)11-21-19(24)15-7-9-16(10-8-15)22-20-23-17-12-28(25,26)13-18(17)27-20/h7-10,14,17-18H,3-6,11-13H2,1-2H3,(H,21,24)(H,22,23). The normalized spacial score (nSPS) is 23.7. The highest BCUT2D eigenvalue weighted by Crippen LogP contribution is 2.34. The van der Waals surface area contributed by atoms with E-state index in [2.05, 4.69) is 29.5 Å². The Bertz CT molecular complexity index is 822. The molecule has 28 heavy (non-hydrogen) atoms. The van der Waals surface area contributed by atoms with Gasteiger partial charge in [-0.2, -0.15) is 0 Å². The number of sulfone groups is 1. The quantitative estimate of drug-likeness (QED) is 0.670. The van der Waals surface area contributed by atoms with Crippen molar-refractivity contribution < 1.29 is 13.2 Å². The van der Waals surface area contributed by atoms with E-state index in [0.717, 1.165) is 23.7 Å². The van der Waals surface area contributed by atoms with Crippen LogP contribution >= 0.6 is 11.8 Å². The number of carbonyl (C=O) groups excluding carboxylic acids is 1. The Kier molecular flexibility index (Phi) is 7.04. The molecule has 0 saturated carbocycles. The number of nitrogens with zero attached hydrogens (tertiary/aromatic N) is 1. The summed E-state index contributed by atoms with van der Waals surface area (Å²) in [6.07, 6.45) is 4.61. The van der Waals surface area contributed by atoms with Gasteiger partial charge in [-0.1, -0.05) is 44.9 Å². The average Bonchev–Trinajstić information content (AvgIpc) is 3.14. The molecule has 0 bridgehead atoms. The predicted octanol–water partition coefficient (Wildman–Crippen LogP) is 3.31. The minimum absolute atomic E-state index is 0.0248. The van der Waals surface area contributed by atoms with Crippen molar-refractivity contribution in [1.82, 2.24) is 5.32 Å². The molecule has 154 valence electrons. The molecule has 0 aliphatic carbocycles. The van der Waals surface area contributed by atoms with Gasteiger partial charge >= 0.3 is 0 Å². The van der Waals surface area contributed by atoms with Crippen molar-refractivity contribution in [1.29, 1.82) is 0 Å². The van der Waals surface area contributed by atoms with Gasteiger partial charge in [-0.05, 0) is 36.6 Å². The highest BCUT2D eigenvalue weighted by atomic mass is 32.2. The zero-order chi connectivity index (χ0) is 20.1. The summed E-state index contributed by atoms with van der Waals surface area (Å²) in [7, 11) is -2.94. The summed E-state index contributed by atoms with van der Waals surface area (Å²) in [6, 6.07) is 7.18. The molecule has 8 heteroatoms. The summed E-state index contributed by atoms with van der Waals surface area (Å²) in [5, 5.41) is 7.05. The number of rotatable bonds is 8. The fourth-order valence-corrected chi connectivity index (χ4v) is 7.20. The van der Waals surface area contributed by atoms with E-state index < -0.39 is 9.84 Å². The molecular formula is C20H29N3O3S2. The van der Waals surface area contributed by atoms with Crippen LogP contribution in [0.4, 0.5) is 5.69 Å². The molecule has 3 rings (SSSR count). The molecular weight excluding hydrogens is 394 g/mol. The highest BCUT2D eigenvalue weighted by Gasteiger charge is 2.42. The van der Waals surface area contributed by atoms with Crippen molar-refractivity contribution in [2.75, 3.05) is 23.4 Å². The molecule has 1 amide bonds. The van der Waals surface area contributed by atoms with E-state index in [0.29, 0.717) is 18.0 Å². The van der Waals surface area contributed by atoms with Crippen LogP contribution < -0.4 is 10.6 Å². The molecule has 2 heterocycles. The Morgan fingerprint density at radius 1 is 1.25 bits per heavy atom. The summed E-state index contributed by atoms with van der Waals surface area (Å²) in [5.41, 5.74) is 1.49. The average molecular weight is 424 g/mol. The third-order valence-corrected chi connectivity index (χ3v) is 8.45. The molecule has 1 fully saturated rings. The van der Waals surface area contributed by atoms with Gasteiger partial charge in [0.15, 0.2) is 15.0 Å². The zero-order valence-corrected chi connectivity index (χ0v) is 18.1. The number of hydrogen-bond acceptors (Lipinski definition) is 6. The summed E-state index contributed by atoms with van der Waals surface area (Å²) in [4.78, 5) is 16.9. The Labute approximate surface area is 171 Å². The molecule has 0 spiro atoms. The second-order valence-electron chi connectivity index (χ2n) is 7.56. The van der Waals surface area contributed by atoms with E-state index in [1.54, 1.807) is 12.1 Å². The fraction of sp³-hybridized carbons (Fsp3) is 0.600. The number of hydrogen-bond donors (Lipinski definition) is 2. The van der Waals surface area contributed by atoms with Crippen LogP contribution in [0.1, 0.15) is 49.9 Å². The van der Waals surface area contributed by atoms with E-state index in [1.165, 1.54) is 24.6 Å². The minimum atomic E-state index is -2.94. The van der Waals surface area contributed by atoms with Crippen LogP contribution in [0, 0.1) is 5.92 Å². The number of carbonyl (C=O) groups is 1. The Morgan fingerprint density at radius 3 is 2.64 bits per heavy atom. The van der Waals surface area contributed by atoms with E-state index in [-0.39, 0.29) is 28.7 Å². The molecule has 0 radical (unpaired) electrons. The summed E-state index contributed by atoms with van der Waals surface area (Å²) >= 11 is 1.49. The highest BCUT2D eigenvalue weighted by molar-refractivity contribution is 8.15. The second kappa shape index (κ2) is 9.31. The number of benzene rings is 1. The molecule has 0 aromatic heterocycles.